The summed E-state index contributed by atoms with van der Waals surface area (Å²) in [6.45, 7) is 1.93. The van der Waals surface area contributed by atoms with Crippen molar-refractivity contribution in [2.75, 3.05) is 33.4 Å². The molecule has 0 spiro atoms. The Morgan fingerprint density at radius 2 is 1.85 bits per heavy atom. The van der Waals surface area contributed by atoms with E-state index in [2.05, 4.69) is 10.2 Å². The maximum atomic E-state index is 14.5. The van der Waals surface area contributed by atoms with Crippen LogP contribution in [0.15, 0.2) is 53.3 Å². The average molecular weight is 535 g/mol. The minimum absolute atomic E-state index is 0.0792. The van der Waals surface area contributed by atoms with Crippen LogP contribution in [0, 0.1) is 5.82 Å². The molecule has 0 radical (unpaired) electrons. The van der Waals surface area contributed by atoms with Gasteiger partial charge in [0.1, 0.15) is 11.2 Å². The van der Waals surface area contributed by atoms with Crippen LogP contribution in [0.1, 0.15) is 33.7 Å². The number of Topliss-reactive ketones (excluding diaryl/α,β-unsaturated/α-hetero) is 1. The molecule has 0 bridgehead atoms. The van der Waals surface area contributed by atoms with E-state index < -0.39 is 17.3 Å². The van der Waals surface area contributed by atoms with Crippen molar-refractivity contribution in [3.05, 3.63) is 76.0 Å². The number of hydrogen-bond acceptors (Lipinski definition) is 6. The predicted octanol–water partition coefficient (Wildman–Crippen LogP) is 2.71. The number of likely N-dealkylation sites (tertiary alicyclic amines) is 1. The number of aliphatic hydroxyl groups is 1. The first-order chi connectivity index (χ1) is 18.8. The Kier molecular flexibility index (Phi) is 7.49. The molecular formula is C29H31FN4O5. The fraction of sp³-hybridized carbons (Fsp3) is 0.345. The Morgan fingerprint density at radius 3 is 2.51 bits per heavy atom. The van der Waals surface area contributed by atoms with Crippen LogP contribution in [0.2, 0.25) is 0 Å². The molecule has 1 fully saturated rings. The Hall–Kier alpha value is -4.02. The van der Waals surface area contributed by atoms with Gasteiger partial charge in [0.15, 0.2) is 17.2 Å². The maximum absolute atomic E-state index is 14.5. The molecular weight excluding hydrogens is 503 g/mol. The number of halogens is 1. The molecule has 0 aliphatic carbocycles. The summed E-state index contributed by atoms with van der Waals surface area (Å²) in [4.78, 5) is 42.7. The van der Waals surface area contributed by atoms with Crippen LogP contribution in [-0.2, 0) is 13.6 Å². The van der Waals surface area contributed by atoms with Crippen LogP contribution >= 0.6 is 0 Å². The second kappa shape index (κ2) is 11.0. The van der Waals surface area contributed by atoms with Gasteiger partial charge in [-0.2, -0.15) is 0 Å². The number of piperidine rings is 1. The first-order valence-electron chi connectivity index (χ1n) is 12.9. The molecule has 39 heavy (non-hydrogen) atoms. The number of aliphatic hydroxyl groups excluding tert-OH is 1. The van der Waals surface area contributed by atoms with E-state index in [1.54, 1.807) is 41.9 Å². The molecule has 0 saturated carbocycles. The quantitative estimate of drug-likeness (QED) is 0.337. The zero-order valence-electron chi connectivity index (χ0n) is 21.9. The zero-order chi connectivity index (χ0) is 27.7. The molecule has 1 amide bonds. The monoisotopic (exact) mass is 534 g/mol. The number of fused-ring (bicyclic) bond motifs is 3. The summed E-state index contributed by atoms with van der Waals surface area (Å²) in [5.74, 6) is -1.10. The first-order valence-corrected chi connectivity index (χ1v) is 12.9. The van der Waals surface area contributed by atoms with Crippen LogP contribution in [-0.4, -0.2) is 70.2 Å². The highest BCUT2D eigenvalue weighted by molar-refractivity contribution is 6.12. The van der Waals surface area contributed by atoms with Gasteiger partial charge in [-0.1, -0.05) is 30.3 Å². The lowest BCUT2D eigenvalue weighted by Gasteiger charge is -2.31. The normalized spacial score (nSPS) is 14.7. The number of benzene rings is 2. The first kappa shape index (κ1) is 26.6. The Labute approximate surface area is 224 Å². The van der Waals surface area contributed by atoms with Gasteiger partial charge in [-0.25, -0.2) is 4.39 Å². The lowest BCUT2D eigenvalue weighted by molar-refractivity contribution is 0.0891. The minimum atomic E-state index is -0.510. The molecule has 9 nitrogen and oxygen atoms in total. The van der Waals surface area contributed by atoms with Crippen molar-refractivity contribution in [2.45, 2.75) is 25.4 Å². The van der Waals surface area contributed by atoms with Crippen molar-refractivity contribution in [3.8, 4) is 5.75 Å². The minimum Gasteiger partial charge on any atom is -0.493 e. The standard InChI is InChI=1S/C29H31FN4O5/c1-32-25-21-16-19(30)8-9-22(21)34(17-23(36)18-6-4-3-5-7-18)29(38)24(25)27(39-2)26(32)28(37)31-20-10-12-33(13-11-20)14-15-35/h3-9,16,20,35H,10-15,17H2,1-2H3,(H,31,37). The molecule has 10 heteroatoms. The van der Waals surface area contributed by atoms with Crippen molar-refractivity contribution in [2.24, 2.45) is 7.05 Å². The molecule has 2 aromatic carbocycles. The molecule has 5 rings (SSSR count). The van der Waals surface area contributed by atoms with Crippen molar-refractivity contribution in [1.29, 1.82) is 0 Å². The molecule has 1 saturated heterocycles. The van der Waals surface area contributed by atoms with Gasteiger partial charge in [0.2, 0.25) is 0 Å². The van der Waals surface area contributed by atoms with Crippen LogP contribution in [0.25, 0.3) is 21.8 Å². The predicted molar refractivity (Wildman–Crippen MR) is 146 cm³/mol. The van der Waals surface area contributed by atoms with Gasteiger partial charge >= 0.3 is 0 Å². The number of β-amino-alcohol motifs (C(OH)–C–C–N with tert-alkyl or cyclic N) is 1. The molecule has 2 aromatic heterocycles. The highest BCUT2D eigenvalue weighted by Gasteiger charge is 2.30. The number of aryl methyl sites for hydroxylation is 1. The van der Waals surface area contributed by atoms with Gasteiger partial charge in [0, 0.05) is 43.7 Å². The van der Waals surface area contributed by atoms with E-state index in [0.717, 1.165) is 25.9 Å². The number of ketones is 1. The Bertz CT molecular complexity index is 1600. The Morgan fingerprint density at radius 1 is 1.13 bits per heavy atom. The number of nitrogens with zero attached hydrogens (tertiary/aromatic N) is 3. The largest absolute Gasteiger partial charge is 0.493 e. The maximum Gasteiger partial charge on any atom is 0.272 e. The summed E-state index contributed by atoms with van der Waals surface area (Å²) >= 11 is 0. The van der Waals surface area contributed by atoms with Gasteiger partial charge in [-0.3, -0.25) is 19.0 Å². The van der Waals surface area contributed by atoms with Crippen LogP contribution in [0.3, 0.4) is 0 Å². The van der Waals surface area contributed by atoms with E-state index in [-0.39, 0.29) is 41.8 Å². The number of pyridine rings is 1. The third-order valence-corrected chi connectivity index (χ3v) is 7.47. The average Bonchev–Trinajstić information content (AvgIpc) is 3.25. The topological polar surface area (TPSA) is 106 Å². The number of carbonyl (C=O) groups is 2. The second-order valence-corrected chi connectivity index (χ2v) is 9.82. The highest BCUT2D eigenvalue weighted by Crippen LogP contribution is 2.35. The van der Waals surface area contributed by atoms with E-state index in [4.69, 9.17) is 4.74 Å². The number of nitrogens with one attached hydrogen (secondary N) is 1. The molecule has 0 atom stereocenters. The summed E-state index contributed by atoms with van der Waals surface area (Å²) in [6.07, 6.45) is 1.45. The van der Waals surface area contributed by atoms with Crippen LogP contribution in [0.5, 0.6) is 5.75 Å². The number of ether oxygens (including phenoxy) is 1. The van der Waals surface area contributed by atoms with E-state index in [0.29, 0.717) is 28.5 Å². The SMILES string of the molecule is COc1c(C(=O)NC2CCN(CCO)CC2)n(C)c2c1c(=O)n(CC(=O)c1ccccc1)c1ccc(F)cc21. The summed E-state index contributed by atoms with van der Waals surface area (Å²) in [7, 11) is 3.03. The number of rotatable bonds is 8. The van der Waals surface area contributed by atoms with Gasteiger partial charge in [0.05, 0.1) is 31.3 Å². The molecule has 3 heterocycles. The number of aromatic nitrogens is 2. The third-order valence-electron chi connectivity index (χ3n) is 7.47. The summed E-state index contributed by atoms with van der Waals surface area (Å²) < 4.78 is 23.0. The second-order valence-electron chi connectivity index (χ2n) is 9.82. The lowest BCUT2D eigenvalue weighted by atomic mass is 10.0. The molecule has 2 N–H and O–H groups in total. The number of carbonyl (C=O) groups excluding carboxylic acids is 2. The van der Waals surface area contributed by atoms with Gasteiger partial charge in [-0.05, 0) is 31.0 Å². The molecule has 1 aliphatic heterocycles. The summed E-state index contributed by atoms with van der Waals surface area (Å²) in [5, 5.41) is 12.7. The van der Waals surface area contributed by atoms with E-state index in [1.165, 1.54) is 29.9 Å². The number of amides is 1. The molecule has 204 valence electrons. The van der Waals surface area contributed by atoms with Gasteiger partial charge < -0.3 is 24.6 Å². The van der Waals surface area contributed by atoms with Crippen LogP contribution < -0.4 is 15.6 Å². The summed E-state index contributed by atoms with van der Waals surface area (Å²) in [5.41, 5.74) is 0.837. The van der Waals surface area contributed by atoms with E-state index >= 15 is 0 Å². The number of methoxy groups -OCH3 is 1. The molecule has 1 aliphatic rings. The zero-order valence-corrected chi connectivity index (χ0v) is 21.9. The number of hydrogen-bond donors (Lipinski definition) is 2. The van der Waals surface area contributed by atoms with Crippen molar-refractivity contribution >= 4 is 33.5 Å². The van der Waals surface area contributed by atoms with Gasteiger partial charge in [0.25, 0.3) is 11.5 Å². The molecule has 4 aromatic rings. The fourth-order valence-corrected chi connectivity index (χ4v) is 5.52. The van der Waals surface area contributed by atoms with Crippen molar-refractivity contribution < 1.29 is 23.8 Å². The smallest absolute Gasteiger partial charge is 0.272 e. The van der Waals surface area contributed by atoms with Gasteiger partial charge in [-0.15, -0.1) is 0 Å². The van der Waals surface area contributed by atoms with Crippen molar-refractivity contribution in [3.63, 3.8) is 0 Å². The Balaban J connectivity index is 1.61. The highest BCUT2D eigenvalue weighted by atomic mass is 19.1. The molecule has 0 unspecified atom stereocenters. The van der Waals surface area contributed by atoms with Crippen LogP contribution in [0.4, 0.5) is 4.39 Å². The lowest BCUT2D eigenvalue weighted by Crippen LogP contribution is -2.45. The van der Waals surface area contributed by atoms with Crippen molar-refractivity contribution in [1.82, 2.24) is 19.4 Å². The fourth-order valence-electron chi connectivity index (χ4n) is 5.52. The van der Waals surface area contributed by atoms with E-state index in [1.807, 2.05) is 0 Å². The van der Waals surface area contributed by atoms with E-state index in [9.17, 15) is 23.9 Å². The summed E-state index contributed by atoms with van der Waals surface area (Å²) in [6, 6.07) is 12.6. The third kappa shape index (κ3) is 4.93.